The van der Waals surface area contributed by atoms with Crippen LogP contribution in [0.1, 0.15) is 38.5 Å². The zero-order chi connectivity index (χ0) is 42.8. The number of aliphatic carboxylic acids is 3. The van der Waals surface area contributed by atoms with Crippen molar-refractivity contribution in [3.05, 3.63) is 0 Å². The topological polar surface area (TPSA) is 364 Å². The van der Waals surface area contributed by atoms with Gasteiger partial charge in [-0.1, -0.05) is 0 Å². The van der Waals surface area contributed by atoms with Gasteiger partial charge < -0.3 is 81.2 Å². The largest absolute Gasteiger partial charge is 0.822 e. The average molecular weight is 792 g/mol. The number of hydrogen-bond donors (Lipinski definition) is 9. The molecule has 22 nitrogen and oxygen atoms in total. The van der Waals surface area contributed by atoms with Crippen LogP contribution in [0.2, 0.25) is 0 Å². The maximum Gasteiger partial charge on any atom is 0.320 e. The van der Waals surface area contributed by atoms with Crippen LogP contribution in [0.5, 0.6) is 0 Å². The Morgan fingerprint density at radius 2 is 0.679 bits per heavy atom. The first kappa shape index (κ1) is 56.4. The molecule has 0 aliphatic rings. The fourth-order valence-corrected chi connectivity index (χ4v) is 3.09. The summed E-state index contributed by atoms with van der Waals surface area (Å²) < 4.78 is 10.9. The maximum atomic E-state index is 11.3. The first-order valence-electron chi connectivity index (χ1n) is 16.6. The van der Waals surface area contributed by atoms with Crippen LogP contribution in [-0.4, -0.2) is 185 Å². The van der Waals surface area contributed by atoms with Crippen LogP contribution in [0.15, 0.2) is 0 Å². The van der Waals surface area contributed by atoms with Crippen LogP contribution in [0.25, 0.3) is 0 Å². The highest BCUT2D eigenvalue weighted by Gasteiger charge is 2.16. The molecular formula is C30H66N9O13P. The molecule has 0 aromatic rings. The van der Waals surface area contributed by atoms with E-state index in [0.717, 1.165) is 33.1 Å². The van der Waals surface area contributed by atoms with Crippen molar-refractivity contribution in [1.82, 2.24) is 16.0 Å². The zero-order valence-electron chi connectivity index (χ0n) is 32.7. The maximum absolute atomic E-state index is 11.3. The van der Waals surface area contributed by atoms with Gasteiger partial charge in [-0.15, -0.1) is 0 Å². The van der Waals surface area contributed by atoms with Crippen LogP contribution in [0, 0.1) is 0 Å². The monoisotopic (exact) mass is 791 g/mol. The number of nitrogens with zero attached hydrogens (tertiary/aromatic N) is 3. The van der Waals surface area contributed by atoms with Crippen molar-refractivity contribution in [3.63, 3.8) is 0 Å². The molecule has 0 aromatic carbocycles. The summed E-state index contributed by atoms with van der Waals surface area (Å²) in [5.41, 5.74) is 15.8. The van der Waals surface area contributed by atoms with Gasteiger partial charge in [0.1, 0.15) is 18.1 Å². The molecule has 53 heavy (non-hydrogen) atoms. The summed E-state index contributed by atoms with van der Waals surface area (Å²) in [7, 11) is 12.9. The van der Waals surface area contributed by atoms with Crippen LogP contribution < -0.4 is 47.8 Å². The molecule has 0 radical (unpaired) electrons. The Labute approximate surface area is 312 Å². The second-order valence-electron chi connectivity index (χ2n) is 15.0. The SMILES string of the molecule is C[N+](C)(C)CCNC(=O)CC[C@H](N)C(=O)O.C[N+](C)(C)CCNC(=O)CC[C@H](N)C(=O)O.C[N+](C)(C)CCNC(=O)CC[C@H](N)C(=O)O.O=P([O-])([O-])[O-]. The smallest absolute Gasteiger partial charge is 0.320 e. The first-order valence-corrected chi connectivity index (χ1v) is 18.0. The average Bonchev–Trinajstić information content (AvgIpc) is 2.95. The fourth-order valence-electron chi connectivity index (χ4n) is 3.09. The molecule has 0 aliphatic carbocycles. The van der Waals surface area contributed by atoms with Gasteiger partial charge in [-0.2, -0.15) is 7.82 Å². The molecule has 0 unspecified atom stereocenters. The Kier molecular flexibility index (Phi) is 30.0. The number of carboxylic acids is 3. The van der Waals surface area contributed by atoms with Crippen LogP contribution >= 0.6 is 7.82 Å². The highest BCUT2D eigenvalue weighted by Crippen LogP contribution is 2.03. The van der Waals surface area contributed by atoms with Gasteiger partial charge in [0.25, 0.3) is 0 Å². The van der Waals surface area contributed by atoms with E-state index in [0.29, 0.717) is 19.6 Å². The first-order chi connectivity index (χ1) is 23.7. The Morgan fingerprint density at radius 1 is 0.509 bits per heavy atom. The molecule has 0 spiro atoms. The van der Waals surface area contributed by atoms with E-state index in [1.54, 1.807) is 0 Å². The normalized spacial score (nSPS) is 13.1. The third kappa shape index (κ3) is 53.1. The third-order valence-corrected chi connectivity index (χ3v) is 6.31. The van der Waals surface area contributed by atoms with E-state index < -0.39 is 43.9 Å². The lowest BCUT2D eigenvalue weighted by Gasteiger charge is -2.36. The number of quaternary nitrogens is 3. The molecule has 23 heteroatoms. The van der Waals surface area contributed by atoms with Crippen LogP contribution in [0.4, 0.5) is 0 Å². The molecule has 0 fully saturated rings. The number of amides is 3. The molecule has 0 aromatic heterocycles. The zero-order valence-corrected chi connectivity index (χ0v) is 33.6. The lowest BCUT2D eigenvalue weighted by molar-refractivity contribution is -0.869. The van der Waals surface area contributed by atoms with Crippen molar-refractivity contribution in [2.24, 2.45) is 17.2 Å². The number of nitrogens with two attached hydrogens (primary N) is 3. The van der Waals surface area contributed by atoms with E-state index in [2.05, 4.69) is 16.0 Å². The van der Waals surface area contributed by atoms with E-state index >= 15 is 0 Å². The van der Waals surface area contributed by atoms with Gasteiger partial charge in [0, 0.05) is 19.3 Å². The molecule has 0 aliphatic heterocycles. The van der Waals surface area contributed by atoms with Gasteiger partial charge >= 0.3 is 17.9 Å². The highest BCUT2D eigenvalue weighted by atomic mass is 31.2. The van der Waals surface area contributed by atoms with Gasteiger partial charge in [0.2, 0.25) is 17.7 Å². The molecule has 0 heterocycles. The van der Waals surface area contributed by atoms with Gasteiger partial charge in [-0.05, 0) is 19.3 Å². The van der Waals surface area contributed by atoms with E-state index in [9.17, 15) is 28.8 Å². The van der Waals surface area contributed by atoms with Gasteiger partial charge in [-0.25, -0.2) is 0 Å². The highest BCUT2D eigenvalue weighted by molar-refractivity contribution is 7.40. The Morgan fingerprint density at radius 3 is 0.811 bits per heavy atom. The summed E-state index contributed by atoms with van der Waals surface area (Å²) in [6.45, 7) is 4.25. The minimum absolute atomic E-state index is 0.148. The molecule has 0 saturated carbocycles. The summed E-state index contributed by atoms with van der Waals surface area (Å²) in [4.78, 5) is 90.7. The Balaban J connectivity index is -0.000000318. The number of rotatable bonds is 21. The number of likely N-dealkylation sites (N-methyl/N-ethyl adjacent to an activating group) is 3. The standard InChI is InChI=1S/3C10H21N3O3.H3O4P/c3*1-13(2,3)7-6-12-9(14)5-4-8(11)10(15)16;1-5(2,3)4/h3*8H,4-7,11H2,1-3H3,(H-,12,14,15,16);(H3,1,2,3,4)/t3*8-;/m000./s1. The van der Waals surface area contributed by atoms with Crippen molar-refractivity contribution in [1.29, 1.82) is 0 Å². The van der Waals surface area contributed by atoms with Crippen molar-refractivity contribution in [3.8, 4) is 0 Å². The Bertz CT molecular complexity index is 1020. The number of carboxylic acid groups (broad SMARTS) is 3. The number of carbonyl (C=O) groups excluding carboxylic acids is 3. The van der Waals surface area contributed by atoms with Crippen molar-refractivity contribution in [2.75, 3.05) is 103 Å². The van der Waals surface area contributed by atoms with Crippen molar-refractivity contribution < 1.29 is 76.8 Å². The van der Waals surface area contributed by atoms with E-state index in [1.165, 1.54) is 0 Å². The number of hydrogen-bond acceptors (Lipinski definition) is 13. The molecule has 0 saturated heterocycles. The second-order valence-corrected chi connectivity index (χ2v) is 15.9. The predicted molar refractivity (Wildman–Crippen MR) is 190 cm³/mol. The van der Waals surface area contributed by atoms with Crippen LogP contribution in [-0.2, 0) is 33.3 Å². The van der Waals surface area contributed by atoms with Crippen LogP contribution in [0.3, 0.4) is 0 Å². The Hall–Kier alpha value is -3.31. The molecule has 0 bridgehead atoms. The number of nitrogens with one attached hydrogen (secondary N) is 3. The van der Waals surface area contributed by atoms with Gasteiger partial charge in [-0.3, -0.25) is 28.8 Å². The second kappa shape index (κ2) is 28.2. The summed E-state index contributed by atoms with van der Waals surface area (Å²) in [5.74, 6) is -3.65. The predicted octanol–water partition coefficient (Wildman–Crippen LogP) is -5.82. The minimum Gasteiger partial charge on any atom is -0.822 e. The number of carbonyl (C=O) groups is 6. The lowest BCUT2D eigenvalue weighted by atomic mass is 10.1. The van der Waals surface area contributed by atoms with Crippen molar-refractivity contribution in [2.45, 2.75) is 56.7 Å². The van der Waals surface area contributed by atoms with E-state index in [4.69, 9.17) is 51.8 Å². The number of phosphoric acid groups is 1. The quantitative estimate of drug-likeness (QED) is 0.0386. The van der Waals surface area contributed by atoms with Gasteiger partial charge in [0.05, 0.1) is 103 Å². The fraction of sp³-hybridized carbons (Fsp3) is 0.800. The summed E-state index contributed by atoms with van der Waals surface area (Å²) in [5, 5.41) is 33.7. The molecule has 3 amide bonds. The lowest BCUT2D eigenvalue weighted by Crippen LogP contribution is -2.42. The molecule has 3 atom stereocenters. The molecular weight excluding hydrogens is 725 g/mol. The summed E-state index contributed by atoms with van der Waals surface area (Å²) >= 11 is 0. The third-order valence-electron chi connectivity index (χ3n) is 6.31. The molecule has 12 N–H and O–H groups in total. The van der Waals surface area contributed by atoms with Gasteiger partial charge in [0.15, 0.2) is 0 Å². The van der Waals surface area contributed by atoms with E-state index in [1.807, 2.05) is 63.4 Å². The molecule has 314 valence electrons. The van der Waals surface area contributed by atoms with Crippen molar-refractivity contribution >= 4 is 43.5 Å². The summed E-state index contributed by atoms with van der Waals surface area (Å²) in [6, 6.07) is -2.86. The molecule has 0 rings (SSSR count). The van der Waals surface area contributed by atoms with E-state index in [-0.39, 0.29) is 56.2 Å². The summed E-state index contributed by atoms with van der Waals surface area (Å²) in [6.07, 6.45) is 0.989. The minimum atomic E-state index is -5.39.